The topological polar surface area (TPSA) is 44.8 Å². The summed E-state index contributed by atoms with van der Waals surface area (Å²) < 4.78 is 30.7. The number of benzene rings is 2. The Bertz CT molecular complexity index is 888. The van der Waals surface area contributed by atoms with Gasteiger partial charge in [-0.15, -0.1) is 0 Å². The number of rotatable bonds is 14. The van der Waals surface area contributed by atoms with Gasteiger partial charge in [-0.05, 0) is 73.6 Å². The van der Waals surface area contributed by atoms with Crippen LogP contribution in [0, 0.1) is 17.7 Å². The summed E-state index contributed by atoms with van der Waals surface area (Å²) in [6.07, 6.45) is 14.1. The van der Waals surface area contributed by atoms with Crippen LogP contribution in [0.1, 0.15) is 94.8 Å². The normalized spacial score (nSPS) is 17.7. The highest BCUT2D eigenvalue weighted by atomic mass is 19.1. The molecule has 0 heterocycles. The largest absolute Gasteiger partial charge is 0.494 e. The molecule has 1 saturated carbocycles. The van der Waals surface area contributed by atoms with Crippen molar-refractivity contribution < 1.29 is 23.4 Å². The van der Waals surface area contributed by atoms with E-state index in [4.69, 9.17) is 14.2 Å². The molecular weight excluding hydrogens is 443 g/mol. The van der Waals surface area contributed by atoms with Gasteiger partial charge in [0.1, 0.15) is 11.5 Å². The van der Waals surface area contributed by atoms with Gasteiger partial charge >= 0.3 is 5.97 Å². The molecule has 0 N–H and O–H groups in total. The third kappa shape index (κ3) is 9.19. The molecule has 0 saturated heterocycles. The molecule has 0 bridgehead atoms. The standard InChI is InChI=1S/C30H41FO4/c1-3-5-6-8-23-10-12-24(13-11-23)9-7-21-33-26-15-17-27(18-16-26)35-30(32)25-14-19-29(28(31)22-25)34-20-4-2/h14-19,22-24H,3-13,20-21H2,1-2H3/t23-,24-. The lowest BCUT2D eigenvalue weighted by atomic mass is 9.78. The molecular formula is C30H41FO4. The summed E-state index contributed by atoms with van der Waals surface area (Å²) in [5.74, 6) is 1.91. The number of unbranched alkanes of at least 4 members (excludes halogenated alkanes) is 2. The zero-order valence-corrected chi connectivity index (χ0v) is 21.4. The van der Waals surface area contributed by atoms with Crippen molar-refractivity contribution in [2.24, 2.45) is 11.8 Å². The fraction of sp³-hybridized carbons (Fsp3) is 0.567. The number of carbonyl (C=O) groups is 1. The molecule has 1 fully saturated rings. The van der Waals surface area contributed by atoms with E-state index in [1.165, 1.54) is 69.9 Å². The van der Waals surface area contributed by atoms with E-state index in [-0.39, 0.29) is 11.3 Å². The minimum atomic E-state index is -0.611. The van der Waals surface area contributed by atoms with Gasteiger partial charge in [-0.1, -0.05) is 65.2 Å². The number of esters is 1. The van der Waals surface area contributed by atoms with Crippen LogP contribution in [0.4, 0.5) is 4.39 Å². The molecule has 1 aliphatic rings. The molecule has 0 amide bonds. The van der Waals surface area contributed by atoms with Gasteiger partial charge in [0.05, 0.1) is 18.8 Å². The SMILES string of the molecule is CCCCC[C@H]1CC[C@H](CCCOc2ccc(OC(=O)c3ccc(OCCC)c(F)c3)cc2)CC1. The second-order valence-electron chi connectivity index (χ2n) is 9.73. The Morgan fingerprint density at radius 3 is 2.09 bits per heavy atom. The number of ether oxygens (including phenoxy) is 3. The van der Waals surface area contributed by atoms with Gasteiger partial charge in [0.25, 0.3) is 0 Å². The number of halogens is 1. The van der Waals surface area contributed by atoms with Crippen molar-refractivity contribution >= 4 is 5.97 Å². The van der Waals surface area contributed by atoms with Crippen LogP contribution in [0.25, 0.3) is 0 Å². The van der Waals surface area contributed by atoms with Gasteiger partial charge in [-0.3, -0.25) is 0 Å². The molecule has 0 radical (unpaired) electrons. The maximum absolute atomic E-state index is 14.1. The predicted octanol–water partition coefficient (Wildman–Crippen LogP) is 8.38. The van der Waals surface area contributed by atoms with Crippen molar-refractivity contribution in [3.8, 4) is 17.2 Å². The van der Waals surface area contributed by atoms with Gasteiger partial charge in [0.2, 0.25) is 0 Å². The van der Waals surface area contributed by atoms with Crippen LogP contribution in [0.3, 0.4) is 0 Å². The summed E-state index contributed by atoms with van der Waals surface area (Å²) in [5.41, 5.74) is 0.140. The second kappa shape index (κ2) is 14.8. The van der Waals surface area contributed by atoms with Gasteiger partial charge in [-0.2, -0.15) is 0 Å². The summed E-state index contributed by atoms with van der Waals surface area (Å²) in [5, 5.41) is 0. The van der Waals surface area contributed by atoms with E-state index in [1.54, 1.807) is 24.3 Å². The summed E-state index contributed by atoms with van der Waals surface area (Å²) in [7, 11) is 0. The Morgan fingerprint density at radius 1 is 0.800 bits per heavy atom. The van der Waals surface area contributed by atoms with E-state index in [0.717, 1.165) is 36.5 Å². The third-order valence-electron chi connectivity index (χ3n) is 6.87. The van der Waals surface area contributed by atoms with E-state index in [0.29, 0.717) is 19.0 Å². The summed E-state index contributed by atoms with van der Waals surface area (Å²) in [4.78, 5) is 12.4. The highest BCUT2D eigenvalue weighted by molar-refractivity contribution is 5.91. The molecule has 2 aromatic rings. The van der Waals surface area contributed by atoms with E-state index in [2.05, 4.69) is 6.92 Å². The predicted molar refractivity (Wildman–Crippen MR) is 138 cm³/mol. The number of hydrogen-bond acceptors (Lipinski definition) is 4. The molecule has 4 nitrogen and oxygen atoms in total. The van der Waals surface area contributed by atoms with Crippen molar-refractivity contribution in [1.29, 1.82) is 0 Å². The lowest BCUT2D eigenvalue weighted by molar-refractivity contribution is 0.0734. The maximum Gasteiger partial charge on any atom is 0.343 e. The third-order valence-corrected chi connectivity index (χ3v) is 6.87. The van der Waals surface area contributed by atoms with Crippen LogP contribution in [-0.2, 0) is 0 Å². The first-order valence-electron chi connectivity index (χ1n) is 13.5. The van der Waals surface area contributed by atoms with Crippen LogP contribution in [0.15, 0.2) is 42.5 Å². The molecule has 0 aliphatic heterocycles. The van der Waals surface area contributed by atoms with E-state index >= 15 is 0 Å². The summed E-state index contributed by atoms with van der Waals surface area (Å²) in [6.45, 7) is 5.34. The Balaban J connectivity index is 1.34. The first-order valence-corrected chi connectivity index (χ1v) is 13.5. The second-order valence-corrected chi connectivity index (χ2v) is 9.73. The summed E-state index contributed by atoms with van der Waals surface area (Å²) >= 11 is 0. The van der Waals surface area contributed by atoms with E-state index in [1.807, 2.05) is 6.92 Å². The highest BCUT2D eigenvalue weighted by Crippen LogP contribution is 2.34. The van der Waals surface area contributed by atoms with Gasteiger partial charge in [0.15, 0.2) is 11.6 Å². The Hall–Kier alpha value is -2.56. The lowest BCUT2D eigenvalue weighted by Gasteiger charge is -2.28. The summed E-state index contributed by atoms with van der Waals surface area (Å²) in [6, 6.07) is 11.1. The maximum atomic E-state index is 14.1. The van der Waals surface area contributed by atoms with Gasteiger partial charge in [-0.25, -0.2) is 9.18 Å². The minimum absolute atomic E-state index is 0.139. The molecule has 0 unspecified atom stereocenters. The molecule has 0 atom stereocenters. The molecule has 1 aliphatic carbocycles. The average molecular weight is 485 g/mol. The first-order chi connectivity index (χ1) is 17.1. The smallest absolute Gasteiger partial charge is 0.343 e. The Kier molecular flexibility index (Phi) is 11.4. The lowest BCUT2D eigenvalue weighted by Crippen LogP contribution is -2.15. The van der Waals surface area contributed by atoms with E-state index < -0.39 is 11.8 Å². The number of carbonyl (C=O) groups excluding carboxylic acids is 1. The molecule has 0 spiro atoms. The Morgan fingerprint density at radius 2 is 1.46 bits per heavy atom. The fourth-order valence-corrected chi connectivity index (χ4v) is 4.78. The molecule has 192 valence electrons. The zero-order chi connectivity index (χ0) is 24.9. The van der Waals surface area contributed by atoms with Crippen LogP contribution in [0.5, 0.6) is 17.2 Å². The number of hydrogen-bond donors (Lipinski definition) is 0. The van der Waals surface area contributed by atoms with Crippen molar-refractivity contribution in [2.75, 3.05) is 13.2 Å². The first kappa shape index (κ1) is 27.0. The average Bonchev–Trinajstić information content (AvgIpc) is 2.88. The van der Waals surface area contributed by atoms with E-state index in [9.17, 15) is 9.18 Å². The molecule has 2 aromatic carbocycles. The minimum Gasteiger partial charge on any atom is -0.494 e. The quantitative estimate of drug-likeness (QED) is 0.153. The van der Waals surface area contributed by atoms with Crippen LogP contribution in [-0.4, -0.2) is 19.2 Å². The van der Waals surface area contributed by atoms with Crippen molar-refractivity contribution in [1.82, 2.24) is 0 Å². The van der Waals surface area contributed by atoms with Crippen LogP contribution >= 0.6 is 0 Å². The van der Waals surface area contributed by atoms with Gasteiger partial charge < -0.3 is 14.2 Å². The zero-order valence-electron chi connectivity index (χ0n) is 21.4. The molecule has 35 heavy (non-hydrogen) atoms. The van der Waals surface area contributed by atoms with Crippen LogP contribution < -0.4 is 14.2 Å². The molecule has 0 aromatic heterocycles. The molecule has 5 heteroatoms. The van der Waals surface area contributed by atoms with Crippen molar-refractivity contribution in [3.63, 3.8) is 0 Å². The van der Waals surface area contributed by atoms with Crippen LogP contribution in [0.2, 0.25) is 0 Å². The van der Waals surface area contributed by atoms with Crippen molar-refractivity contribution in [2.45, 2.75) is 84.5 Å². The van der Waals surface area contributed by atoms with Crippen molar-refractivity contribution in [3.05, 3.63) is 53.8 Å². The monoisotopic (exact) mass is 484 g/mol. The highest BCUT2D eigenvalue weighted by Gasteiger charge is 2.20. The molecule has 3 rings (SSSR count). The fourth-order valence-electron chi connectivity index (χ4n) is 4.78. The van der Waals surface area contributed by atoms with Gasteiger partial charge in [0, 0.05) is 0 Å². The Labute approximate surface area is 210 Å².